The number of amides is 1. The largest absolute Gasteiger partial charge is 0.396 e. The Morgan fingerprint density at radius 2 is 1.75 bits per heavy atom. The van der Waals surface area contributed by atoms with E-state index in [-0.39, 0.29) is 12.5 Å². The molecule has 0 aliphatic carbocycles. The SMILES string of the molecule is O=C(CCO)N1CCCCCC1. The van der Waals surface area contributed by atoms with Crippen LogP contribution in [0.5, 0.6) is 0 Å². The van der Waals surface area contributed by atoms with Crippen molar-refractivity contribution in [1.29, 1.82) is 0 Å². The zero-order chi connectivity index (χ0) is 8.81. The zero-order valence-corrected chi connectivity index (χ0v) is 7.46. The predicted molar refractivity (Wildman–Crippen MR) is 46.8 cm³/mol. The van der Waals surface area contributed by atoms with E-state index in [4.69, 9.17) is 5.11 Å². The molecule has 1 rings (SSSR count). The van der Waals surface area contributed by atoms with E-state index >= 15 is 0 Å². The summed E-state index contributed by atoms with van der Waals surface area (Å²) in [5.41, 5.74) is 0. The second kappa shape index (κ2) is 5.14. The Labute approximate surface area is 73.4 Å². The molecule has 0 aromatic carbocycles. The molecule has 0 bridgehead atoms. The summed E-state index contributed by atoms with van der Waals surface area (Å²) in [6, 6.07) is 0. The van der Waals surface area contributed by atoms with E-state index in [2.05, 4.69) is 0 Å². The van der Waals surface area contributed by atoms with Crippen LogP contribution < -0.4 is 0 Å². The first kappa shape index (κ1) is 9.52. The van der Waals surface area contributed by atoms with Gasteiger partial charge in [-0.2, -0.15) is 0 Å². The minimum absolute atomic E-state index is 0.0185. The summed E-state index contributed by atoms with van der Waals surface area (Å²) in [4.78, 5) is 13.2. The maximum atomic E-state index is 11.3. The summed E-state index contributed by atoms with van der Waals surface area (Å²) < 4.78 is 0. The molecule has 0 radical (unpaired) electrons. The lowest BCUT2D eigenvalue weighted by Crippen LogP contribution is -2.32. The molecule has 1 saturated heterocycles. The van der Waals surface area contributed by atoms with Crippen LogP contribution in [-0.2, 0) is 4.79 Å². The van der Waals surface area contributed by atoms with E-state index in [1.54, 1.807) is 0 Å². The maximum Gasteiger partial charge on any atom is 0.224 e. The summed E-state index contributed by atoms with van der Waals surface area (Å²) in [5, 5.41) is 8.59. The molecule has 1 N–H and O–H groups in total. The van der Waals surface area contributed by atoms with E-state index in [1.165, 1.54) is 12.8 Å². The molecule has 12 heavy (non-hydrogen) atoms. The number of rotatable bonds is 2. The Morgan fingerprint density at radius 3 is 2.25 bits per heavy atom. The molecule has 1 heterocycles. The lowest BCUT2D eigenvalue weighted by atomic mass is 10.2. The van der Waals surface area contributed by atoms with Crippen molar-refractivity contribution >= 4 is 5.91 Å². The van der Waals surface area contributed by atoms with Gasteiger partial charge in [0.2, 0.25) is 5.91 Å². The number of nitrogens with zero attached hydrogens (tertiary/aromatic N) is 1. The van der Waals surface area contributed by atoms with E-state index in [1.807, 2.05) is 4.90 Å². The molecule has 1 amide bonds. The first-order chi connectivity index (χ1) is 5.84. The van der Waals surface area contributed by atoms with Crippen LogP contribution in [0.2, 0.25) is 0 Å². The second-order valence-electron chi connectivity index (χ2n) is 3.27. The molecule has 0 unspecified atom stereocenters. The average Bonchev–Trinajstić information content (AvgIpc) is 2.32. The van der Waals surface area contributed by atoms with Gasteiger partial charge >= 0.3 is 0 Å². The quantitative estimate of drug-likeness (QED) is 0.666. The van der Waals surface area contributed by atoms with Gasteiger partial charge in [0.25, 0.3) is 0 Å². The summed E-state index contributed by atoms with van der Waals surface area (Å²) in [6.07, 6.45) is 5.01. The zero-order valence-electron chi connectivity index (χ0n) is 7.46. The average molecular weight is 171 g/mol. The van der Waals surface area contributed by atoms with Crippen molar-refractivity contribution in [1.82, 2.24) is 4.90 Å². The number of hydrogen-bond donors (Lipinski definition) is 1. The number of carbonyl (C=O) groups is 1. The van der Waals surface area contributed by atoms with Gasteiger partial charge in [0, 0.05) is 19.5 Å². The fourth-order valence-corrected chi connectivity index (χ4v) is 1.57. The Kier molecular flexibility index (Phi) is 4.08. The van der Waals surface area contributed by atoms with Crippen LogP contribution in [0.25, 0.3) is 0 Å². The van der Waals surface area contributed by atoms with Crippen molar-refractivity contribution in [3.63, 3.8) is 0 Å². The highest BCUT2D eigenvalue weighted by Crippen LogP contribution is 2.10. The third-order valence-corrected chi connectivity index (χ3v) is 2.28. The standard InChI is InChI=1S/C9H17NO2/c11-8-5-9(12)10-6-3-1-2-4-7-10/h11H,1-8H2. The van der Waals surface area contributed by atoms with Crippen LogP contribution in [0.4, 0.5) is 0 Å². The van der Waals surface area contributed by atoms with Crippen molar-refractivity contribution in [2.75, 3.05) is 19.7 Å². The van der Waals surface area contributed by atoms with Crippen LogP contribution in [0.1, 0.15) is 32.1 Å². The molecule has 1 fully saturated rings. The van der Waals surface area contributed by atoms with E-state index in [9.17, 15) is 4.79 Å². The lowest BCUT2D eigenvalue weighted by molar-refractivity contribution is -0.131. The Morgan fingerprint density at radius 1 is 1.17 bits per heavy atom. The Bertz CT molecular complexity index is 139. The van der Waals surface area contributed by atoms with Crippen molar-refractivity contribution in [3.8, 4) is 0 Å². The molecule has 3 heteroatoms. The van der Waals surface area contributed by atoms with Crippen LogP contribution in [0.3, 0.4) is 0 Å². The summed E-state index contributed by atoms with van der Waals surface area (Å²) >= 11 is 0. The fraction of sp³-hybridized carbons (Fsp3) is 0.889. The summed E-state index contributed by atoms with van der Waals surface area (Å²) in [6.45, 7) is 1.76. The van der Waals surface area contributed by atoms with Gasteiger partial charge in [-0.15, -0.1) is 0 Å². The predicted octanol–water partition coefficient (Wildman–Crippen LogP) is 0.771. The van der Waals surface area contributed by atoms with Gasteiger partial charge in [-0.3, -0.25) is 4.79 Å². The lowest BCUT2D eigenvalue weighted by Gasteiger charge is -2.19. The summed E-state index contributed by atoms with van der Waals surface area (Å²) in [7, 11) is 0. The van der Waals surface area contributed by atoms with Gasteiger partial charge in [-0.05, 0) is 12.8 Å². The topological polar surface area (TPSA) is 40.5 Å². The van der Waals surface area contributed by atoms with Crippen molar-refractivity contribution < 1.29 is 9.90 Å². The highest BCUT2D eigenvalue weighted by atomic mass is 16.3. The number of likely N-dealkylation sites (tertiary alicyclic amines) is 1. The third-order valence-electron chi connectivity index (χ3n) is 2.28. The third kappa shape index (κ3) is 2.81. The molecule has 0 atom stereocenters. The molecule has 1 aliphatic rings. The number of aliphatic hydroxyl groups is 1. The van der Waals surface area contributed by atoms with Crippen LogP contribution >= 0.6 is 0 Å². The number of aliphatic hydroxyl groups excluding tert-OH is 1. The van der Waals surface area contributed by atoms with E-state index in [0.717, 1.165) is 25.9 Å². The Balaban J connectivity index is 2.32. The highest BCUT2D eigenvalue weighted by molar-refractivity contribution is 5.76. The molecule has 0 spiro atoms. The minimum atomic E-state index is -0.0185. The first-order valence-corrected chi connectivity index (χ1v) is 4.73. The Hall–Kier alpha value is -0.570. The number of carbonyl (C=O) groups excluding carboxylic acids is 1. The molecule has 0 aromatic rings. The highest BCUT2D eigenvalue weighted by Gasteiger charge is 2.13. The monoisotopic (exact) mass is 171 g/mol. The molecular weight excluding hydrogens is 154 g/mol. The molecule has 3 nitrogen and oxygen atoms in total. The molecular formula is C9H17NO2. The first-order valence-electron chi connectivity index (χ1n) is 4.73. The fourth-order valence-electron chi connectivity index (χ4n) is 1.57. The molecule has 70 valence electrons. The van der Waals surface area contributed by atoms with Crippen molar-refractivity contribution in [2.24, 2.45) is 0 Å². The normalized spacial score (nSPS) is 18.9. The van der Waals surface area contributed by atoms with Gasteiger partial charge in [0.05, 0.1) is 6.61 Å². The van der Waals surface area contributed by atoms with Gasteiger partial charge in [-0.1, -0.05) is 12.8 Å². The van der Waals surface area contributed by atoms with Gasteiger partial charge in [0.1, 0.15) is 0 Å². The second-order valence-corrected chi connectivity index (χ2v) is 3.27. The maximum absolute atomic E-state index is 11.3. The molecule has 0 aromatic heterocycles. The molecule has 1 aliphatic heterocycles. The minimum Gasteiger partial charge on any atom is -0.396 e. The van der Waals surface area contributed by atoms with Gasteiger partial charge < -0.3 is 10.0 Å². The van der Waals surface area contributed by atoms with Gasteiger partial charge in [-0.25, -0.2) is 0 Å². The molecule has 0 saturated carbocycles. The van der Waals surface area contributed by atoms with Crippen molar-refractivity contribution in [3.05, 3.63) is 0 Å². The van der Waals surface area contributed by atoms with Crippen LogP contribution in [0, 0.1) is 0 Å². The smallest absolute Gasteiger partial charge is 0.224 e. The van der Waals surface area contributed by atoms with E-state index < -0.39 is 0 Å². The number of hydrogen-bond acceptors (Lipinski definition) is 2. The van der Waals surface area contributed by atoms with Gasteiger partial charge in [0.15, 0.2) is 0 Å². The van der Waals surface area contributed by atoms with Crippen molar-refractivity contribution in [2.45, 2.75) is 32.1 Å². The van der Waals surface area contributed by atoms with E-state index in [0.29, 0.717) is 6.42 Å². The van der Waals surface area contributed by atoms with Crippen LogP contribution in [-0.4, -0.2) is 35.6 Å². The van der Waals surface area contributed by atoms with Crippen LogP contribution in [0.15, 0.2) is 0 Å². The summed E-state index contributed by atoms with van der Waals surface area (Å²) in [5.74, 6) is 0.111.